The van der Waals surface area contributed by atoms with Gasteiger partial charge in [-0.15, -0.1) is 11.3 Å². The van der Waals surface area contributed by atoms with Crippen LogP contribution in [0.15, 0.2) is 26.9 Å². The van der Waals surface area contributed by atoms with Gasteiger partial charge in [0.25, 0.3) is 15.6 Å². The van der Waals surface area contributed by atoms with Crippen LogP contribution in [0.4, 0.5) is 5.13 Å². The van der Waals surface area contributed by atoms with Gasteiger partial charge in [0.2, 0.25) is 0 Å². The van der Waals surface area contributed by atoms with Crippen molar-refractivity contribution in [3.05, 3.63) is 38.1 Å². The van der Waals surface area contributed by atoms with E-state index in [1.165, 1.54) is 25.4 Å². The minimum absolute atomic E-state index is 0.180. The van der Waals surface area contributed by atoms with Gasteiger partial charge in [-0.2, -0.15) is 0 Å². The molecule has 2 aromatic heterocycles. The van der Waals surface area contributed by atoms with Crippen molar-refractivity contribution in [1.29, 1.82) is 0 Å². The van der Waals surface area contributed by atoms with E-state index in [0.29, 0.717) is 0 Å². The number of nitrogens with zero attached hydrogens (tertiary/aromatic N) is 3. The zero-order chi connectivity index (χ0) is 16.7. The number of aromatic nitrogens is 3. The van der Waals surface area contributed by atoms with Crippen LogP contribution in [0.1, 0.15) is 24.6 Å². The Bertz CT molecular complexity index is 921. The number of hydrogen-bond donors (Lipinski definition) is 1. The van der Waals surface area contributed by atoms with E-state index in [4.69, 9.17) is 0 Å². The van der Waals surface area contributed by atoms with Gasteiger partial charge in [-0.3, -0.25) is 14.1 Å². The maximum absolute atomic E-state index is 12.3. The van der Waals surface area contributed by atoms with Gasteiger partial charge in [0.1, 0.15) is 0 Å². The first-order chi connectivity index (χ1) is 10.1. The monoisotopic (exact) mass is 344 g/mol. The summed E-state index contributed by atoms with van der Waals surface area (Å²) in [5, 5.41) is 0.180. The fourth-order valence-electron chi connectivity index (χ4n) is 1.73. The lowest BCUT2D eigenvalue weighted by Gasteiger charge is -2.08. The zero-order valence-corrected chi connectivity index (χ0v) is 14.2. The van der Waals surface area contributed by atoms with E-state index in [0.717, 1.165) is 20.2 Å². The predicted molar refractivity (Wildman–Crippen MR) is 83.9 cm³/mol. The first-order valence-corrected chi connectivity index (χ1v) is 8.68. The fraction of sp³-hybridized carbons (Fsp3) is 0.417. The summed E-state index contributed by atoms with van der Waals surface area (Å²) in [6, 6.07) is 0. The van der Waals surface area contributed by atoms with E-state index < -0.39 is 26.2 Å². The molecule has 120 valence electrons. The molecule has 2 rings (SSSR count). The number of hydrogen-bond acceptors (Lipinski definition) is 6. The highest BCUT2D eigenvalue weighted by Crippen LogP contribution is 2.26. The third kappa shape index (κ3) is 2.97. The predicted octanol–water partition coefficient (Wildman–Crippen LogP) is 0.465. The summed E-state index contributed by atoms with van der Waals surface area (Å²) in [4.78, 5) is 28.0. The van der Waals surface area contributed by atoms with Crippen molar-refractivity contribution in [3.8, 4) is 0 Å². The van der Waals surface area contributed by atoms with Gasteiger partial charge in [-0.25, -0.2) is 18.2 Å². The molecule has 0 atom stereocenters. The molecule has 0 aromatic carbocycles. The Labute approximate surface area is 131 Å². The Kier molecular flexibility index (Phi) is 4.25. The molecule has 0 saturated carbocycles. The van der Waals surface area contributed by atoms with E-state index in [2.05, 4.69) is 9.71 Å². The van der Waals surface area contributed by atoms with Gasteiger partial charge in [0.05, 0.1) is 0 Å². The molecule has 8 nitrogen and oxygen atoms in total. The third-order valence-electron chi connectivity index (χ3n) is 3.02. The summed E-state index contributed by atoms with van der Waals surface area (Å²) < 4.78 is 28.7. The maximum atomic E-state index is 12.3. The number of thiazole rings is 1. The first-order valence-electron chi connectivity index (χ1n) is 6.38. The van der Waals surface area contributed by atoms with Gasteiger partial charge < -0.3 is 4.57 Å². The van der Waals surface area contributed by atoms with E-state index in [1.54, 1.807) is 6.20 Å². The molecule has 0 unspecified atom stereocenters. The van der Waals surface area contributed by atoms with Crippen LogP contribution in [0, 0.1) is 0 Å². The molecule has 0 radical (unpaired) electrons. The molecule has 0 aliphatic heterocycles. The highest BCUT2D eigenvalue weighted by molar-refractivity contribution is 7.92. The van der Waals surface area contributed by atoms with Crippen molar-refractivity contribution >= 4 is 26.5 Å². The molecule has 0 saturated heterocycles. The molecule has 0 amide bonds. The lowest BCUT2D eigenvalue weighted by atomic mass is 10.2. The van der Waals surface area contributed by atoms with Crippen LogP contribution < -0.4 is 16.0 Å². The van der Waals surface area contributed by atoms with Crippen LogP contribution in [0.25, 0.3) is 0 Å². The Hall–Kier alpha value is -1.94. The lowest BCUT2D eigenvalue weighted by Crippen LogP contribution is -2.40. The van der Waals surface area contributed by atoms with Gasteiger partial charge in [0, 0.05) is 31.4 Å². The Morgan fingerprint density at radius 2 is 1.91 bits per heavy atom. The second-order valence-corrected chi connectivity index (χ2v) is 7.79. The van der Waals surface area contributed by atoms with Crippen molar-refractivity contribution in [2.24, 2.45) is 14.1 Å². The molecular weight excluding hydrogens is 328 g/mol. The van der Waals surface area contributed by atoms with Crippen molar-refractivity contribution in [1.82, 2.24) is 14.1 Å². The largest absolute Gasteiger partial charge is 0.330 e. The van der Waals surface area contributed by atoms with Crippen LogP contribution in [-0.4, -0.2) is 22.5 Å². The van der Waals surface area contributed by atoms with Crippen LogP contribution in [0.3, 0.4) is 0 Å². The highest BCUT2D eigenvalue weighted by atomic mass is 32.2. The quantitative estimate of drug-likeness (QED) is 0.868. The highest BCUT2D eigenvalue weighted by Gasteiger charge is 2.23. The average molecular weight is 344 g/mol. The zero-order valence-electron chi connectivity index (χ0n) is 12.5. The van der Waals surface area contributed by atoms with Crippen molar-refractivity contribution in [2.45, 2.75) is 24.7 Å². The Balaban J connectivity index is 2.47. The van der Waals surface area contributed by atoms with Gasteiger partial charge in [-0.1, -0.05) is 13.8 Å². The van der Waals surface area contributed by atoms with Crippen molar-refractivity contribution in [3.63, 3.8) is 0 Å². The Morgan fingerprint density at radius 1 is 1.27 bits per heavy atom. The summed E-state index contributed by atoms with van der Waals surface area (Å²) >= 11 is 1.20. The van der Waals surface area contributed by atoms with Crippen molar-refractivity contribution in [2.75, 3.05) is 4.72 Å². The summed E-state index contributed by atoms with van der Waals surface area (Å²) in [6.45, 7) is 3.93. The van der Waals surface area contributed by atoms with E-state index >= 15 is 0 Å². The molecular formula is C12H16N4O4S2. The summed E-state index contributed by atoms with van der Waals surface area (Å²) in [6.07, 6.45) is 2.59. The molecule has 0 spiro atoms. The fourth-order valence-corrected chi connectivity index (χ4v) is 3.95. The number of nitrogens with one attached hydrogen (secondary N) is 1. The SMILES string of the molecule is CC(C)c1cnc(NS(=O)(=O)c2cn(C)c(=O)n(C)c2=O)s1. The van der Waals surface area contributed by atoms with E-state index in [-0.39, 0.29) is 11.0 Å². The molecule has 0 fully saturated rings. The molecule has 0 aliphatic rings. The summed E-state index contributed by atoms with van der Waals surface area (Å²) in [7, 11) is -1.51. The minimum atomic E-state index is -4.11. The maximum Gasteiger partial charge on any atom is 0.330 e. The third-order valence-corrected chi connectivity index (χ3v) is 5.68. The van der Waals surface area contributed by atoms with Crippen LogP contribution in [0.2, 0.25) is 0 Å². The van der Waals surface area contributed by atoms with E-state index in [9.17, 15) is 18.0 Å². The number of aryl methyl sites for hydroxylation is 1. The lowest BCUT2D eigenvalue weighted by molar-refractivity contribution is 0.589. The normalized spacial score (nSPS) is 11.9. The topological polar surface area (TPSA) is 103 Å². The second-order valence-electron chi connectivity index (χ2n) is 5.08. The summed E-state index contributed by atoms with van der Waals surface area (Å²) in [5.41, 5.74) is -1.48. The molecule has 2 aromatic rings. The van der Waals surface area contributed by atoms with Crippen LogP contribution in [0.5, 0.6) is 0 Å². The average Bonchev–Trinajstić information content (AvgIpc) is 2.88. The summed E-state index contributed by atoms with van der Waals surface area (Å²) in [5.74, 6) is 0.223. The van der Waals surface area contributed by atoms with Crippen molar-refractivity contribution < 1.29 is 8.42 Å². The van der Waals surface area contributed by atoms with E-state index in [1.807, 2.05) is 13.8 Å². The van der Waals surface area contributed by atoms with Gasteiger partial charge in [-0.05, 0) is 5.92 Å². The molecule has 0 bridgehead atoms. The minimum Gasteiger partial charge on any atom is -0.302 e. The number of rotatable bonds is 4. The van der Waals surface area contributed by atoms with Crippen LogP contribution >= 0.6 is 11.3 Å². The molecule has 22 heavy (non-hydrogen) atoms. The molecule has 2 heterocycles. The smallest absolute Gasteiger partial charge is 0.302 e. The first kappa shape index (κ1) is 16.4. The number of anilines is 1. The molecule has 10 heteroatoms. The molecule has 1 N–H and O–H groups in total. The Morgan fingerprint density at radius 3 is 2.45 bits per heavy atom. The van der Waals surface area contributed by atoms with Crippen LogP contribution in [-0.2, 0) is 24.1 Å². The molecule has 0 aliphatic carbocycles. The van der Waals surface area contributed by atoms with Gasteiger partial charge >= 0.3 is 5.69 Å². The van der Waals surface area contributed by atoms with Gasteiger partial charge in [0.15, 0.2) is 10.0 Å². The standard InChI is InChI=1S/C12H16N4O4S2/c1-7(2)8-5-13-11(21-8)14-22(19,20)9-6-15(3)12(18)16(4)10(9)17/h5-7H,1-4H3,(H,13,14). The number of sulfonamides is 1. The second kappa shape index (κ2) is 5.69.